The van der Waals surface area contributed by atoms with Gasteiger partial charge in [-0.3, -0.25) is 9.59 Å². The number of hydrogen-bond acceptors (Lipinski definition) is 2. The van der Waals surface area contributed by atoms with E-state index >= 15 is 0 Å². The van der Waals surface area contributed by atoms with Crippen molar-refractivity contribution in [3.05, 3.63) is 70.2 Å². The first-order valence-corrected chi connectivity index (χ1v) is 8.49. The van der Waals surface area contributed by atoms with E-state index in [1.165, 1.54) is 4.90 Å². The maximum absolute atomic E-state index is 12.7. The minimum Gasteiger partial charge on any atom is -0.481 e. The van der Waals surface area contributed by atoms with Crippen LogP contribution in [0.3, 0.4) is 0 Å². The summed E-state index contributed by atoms with van der Waals surface area (Å²) in [6.07, 6.45) is -4.48. The molecule has 2 aromatic carbocycles. The zero-order valence-electron chi connectivity index (χ0n) is 13.9. The number of likely N-dealkylation sites (tertiary alicyclic amines) is 1. The Kier molecular flexibility index (Phi) is 5.15. The average molecular weight is 398 g/mol. The molecule has 1 saturated heterocycles. The van der Waals surface area contributed by atoms with Gasteiger partial charge < -0.3 is 10.0 Å². The number of hydrogen-bond donors (Lipinski definition) is 1. The molecule has 1 N–H and O–H groups in total. The molecule has 1 aliphatic rings. The van der Waals surface area contributed by atoms with Crippen LogP contribution in [0.1, 0.15) is 27.4 Å². The minimum absolute atomic E-state index is 0.0114. The van der Waals surface area contributed by atoms with Crippen molar-refractivity contribution < 1.29 is 27.9 Å². The third-order valence-electron chi connectivity index (χ3n) is 4.68. The maximum Gasteiger partial charge on any atom is 0.416 e. The highest BCUT2D eigenvalue weighted by Gasteiger charge is 2.40. The first kappa shape index (κ1) is 19.2. The number of benzene rings is 2. The van der Waals surface area contributed by atoms with Gasteiger partial charge in [0.25, 0.3) is 5.91 Å². The fraction of sp³-hybridized carbons (Fsp3) is 0.263. The summed E-state index contributed by atoms with van der Waals surface area (Å²) in [7, 11) is 0. The van der Waals surface area contributed by atoms with E-state index in [1.54, 1.807) is 24.3 Å². The van der Waals surface area contributed by atoms with Gasteiger partial charge in [0.1, 0.15) is 0 Å². The third-order valence-corrected chi connectivity index (χ3v) is 4.93. The highest BCUT2D eigenvalue weighted by atomic mass is 35.5. The van der Waals surface area contributed by atoms with Crippen LogP contribution in [0.25, 0.3) is 0 Å². The van der Waals surface area contributed by atoms with Gasteiger partial charge in [-0.15, -0.1) is 0 Å². The minimum atomic E-state index is -4.48. The monoisotopic (exact) mass is 397 g/mol. The quantitative estimate of drug-likeness (QED) is 0.840. The molecule has 0 unspecified atom stereocenters. The first-order valence-electron chi connectivity index (χ1n) is 8.11. The summed E-state index contributed by atoms with van der Waals surface area (Å²) in [6.45, 7) is 0.154. The van der Waals surface area contributed by atoms with E-state index in [-0.39, 0.29) is 18.7 Å². The largest absolute Gasteiger partial charge is 0.481 e. The van der Waals surface area contributed by atoms with Crippen molar-refractivity contribution >= 4 is 23.5 Å². The highest BCUT2D eigenvalue weighted by molar-refractivity contribution is 6.30. The van der Waals surface area contributed by atoms with Gasteiger partial charge in [0.2, 0.25) is 0 Å². The Morgan fingerprint density at radius 3 is 2.11 bits per heavy atom. The fourth-order valence-electron chi connectivity index (χ4n) is 3.25. The van der Waals surface area contributed by atoms with Crippen LogP contribution >= 0.6 is 11.6 Å². The second-order valence-electron chi connectivity index (χ2n) is 6.39. The lowest BCUT2D eigenvalue weighted by molar-refractivity contribution is -0.141. The van der Waals surface area contributed by atoms with Gasteiger partial charge in [-0.1, -0.05) is 23.7 Å². The Bertz CT molecular complexity index is 850. The second kappa shape index (κ2) is 7.23. The number of amides is 1. The lowest BCUT2D eigenvalue weighted by Crippen LogP contribution is -2.30. The van der Waals surface area contributed by atoms with Crippen LogP contribution in [0.4, 0.5) is 13.2 Å². The smallest absolute Gasteiger partial charge is 0.416 e. The molecular formula is C19H15ClF3NO3. The summed E-state index contributed by atoms with van der Waals surface area (Å²) in [5.74, 6) is -2.74. The Labute approximate surface area is 158 Å². The van der Waals surface area contributed by atoms with Gasteiger partial charge in [0, 0.05) is 29.6 Å². The number of alkyl halides is 3. The number of carbonyl (C=O) groups is 2. The van der Waals surface area contributed by atoms with Gasteiger partial charge in [0.15, 0.2) is 0 Å². The molecule has 1 amide bonds. The Balaban J connectivity index is 1.81. The summed E-state index contributed by atoms with van der Waals surface area (Å²) < 4.78 is 38.0. The molecule has 0 aromatic heterocycles. The normalized spacial score (nSPS) is 19.9. The summed E-state index contributed by atoms with van der Waals surface area (Å²) in [5.41, 5.74) is -0.0126. The lowest BCUT2D eigenvalue weighted by Gasteiger charge is -2.17. The first-order chi connectivity index (χ1) is 12.7. The summed E-state index contributed by atoms with van der Waals surface area (Å²) in [4.78, 5) is 25.6. The standard InChI is InChI=1S/C19H15ClF3NO3/c20-14-7-3-11(4-8-14)15-9-24(10-16(15)18(26)27)17(25)12-1-5-13(6-2-12)19(21,22)23/h1-8,15-16H,9-10H2,(H,26,27)/t15-,16+/m0/s1. The molecule has 27 heavy (non-hydrogen) atoms. The topological polar surface area (TPSA) is 57.6 Å². The van der Waals surface area contributed by atoms with E-state index in [0.29, 0.717) is 5.02 Å². The third kappa shape index (κ3) is 4.08. The number of carboxylic acid groups (broad SMARTS) is 1. The number of carboxylic acids is 1. The van der Waals surface area contributed by atoms with Gasteiger partial charge in [-0.25, -0.2) is 0 Å². The van der Waals surface area contributed by atoms with Crippen LogP contribution in [-0.2, 0) is 11.0 Å². The van der Waals surface area contributed by atoms with Crippen molar-refractivity contribution in [1.82, 2.24) is 4.90 Å². The number of nitrogens with zero attached hydrogens (tertiary/aromatic N) is 1. The molecule has 4 nitrogen and oxygen atoms in total. The number of aliphatic carboxylic acids is 1. The molecule has 1 fully saturated rings. The Morgan fingerprint density at radius 2 is 1.59 bits per heavy atom. The molecule has 1 heterocycles. The molecule has 2 atom stereocenters. The van der Waals surface area contributed by atoms with Gasteiger partial charge in [-0.2, -0.15) is 13.2 Å². The summed E-state index contributed by atoms with van der Waals surface area (Å²) >= 11 is 5.86. The van der Waals surface area contributed by atoms with Crippen LogP contribution < -0.4 is 0 Å². The lowest BCUT2D eigenvalue weighted by atomic mass is 9.89. The summed E-state index contributed by atoms with van der Waals surface area (Å²) in [6, 6.07) is 10.6. The Hall–Kier alpha value is -2.54. The van der Waals surface area contributed by atoms with Gasteiger partial charge in [-0.05, 0) is 42.0 Å². The molecular weight excluding hydrogens is 383 g/mol. The predicted octanol–water partition coefficient (Wildman–Crippen LogP) is 4.30. The van der Waals surface area contributed by atoms with E-state index in [0.717, 1.165) is 29.8 Å². The zero-order chi connectivity index (χ0) is 19.8. The second-order valence-corrected chi connectivity index (χ2v) is 6.82. The van der Waals surface area contributed by atoms with E-state index in [1.807, 2.05) is 0 Å². The zero-order valence-corrected chi connectivity index (χ0v) is 14.7. The van der Waals surface area contributed by atoms with E-state index in [4.69, 9.17) is 11.6 Å². The van der Waals surface area contributed by atoms with Crippen molar-refractivity contribution in [2.75, 3.05) is 13.1 Å². The molecule has 0 spiro atoms. The van der Waals surface area contributed by atoms with Crippen molar-refractivity contribution in [3.8, 4) is 0 Å². The molecule has 2 aromatic rings. The molecule has 0 aliphatic carbocycles. The number of carbonyl (C=O) groups excluding carboxylic acids is 1. The van der Waals surface area contributed by atoms with Crippen molar-refractivity contribution in [2.24, 2.45) is 5.92 Å². The average Bonchev–Trinajstić information content (AvgIpc) is 3.07. The van der Waals surface area contributed by atoms with Crippen molar-refractivity contribution in [3.63, 3.8) is 0 Å². The van der Waals surface area contributed by atoms with E-state index < -0.39 is 35.5 Å². The highest BCUT2D eigenvalue weighted by Crippen LogP contribution is 2.35. The molecule has 8 heteroatoms. The molecule has 142 valence electrons. The van der Waals surface area contributed by atoms with Crippen LogP contribution in [0.2, 0.25) is 5.02 Å². The van der Waals surface area contributed by atoms with Crippen molar-refractivity contribution in [1.29, 1.82) is 0 Å². The van der Waals surface area contributed by atoms with Crippen LogP contribution in [0.15, 0.2) is 48.5 Å². The van der Waals surface area contributed by atoms with Gasteiger partial charge in [0.05, 0.1) is 11.5 Å². The van der Waals surface area contributed by atoms with Crippen molar-refractivity contribution in [2.45, 2.75) is 12.1 Å². The molecule has 3 rings (SSSR count). The number of halogens is 4. The Morgan fingerprint density at radius 1 is 1.00 bits per heavy atom. The van der Waals surface area contributed by atoms with Crippen LogP contribution in [0, 0.1) is 5.92 Å². The van der Waals surface area contributed by atoms with E-state index in [2.05, 4.69) is 0 Å². The fourth-order valence-corrected chi connectivity index (χ4v) is 3.38. The predicted molar refractivity (Wildman–Crippen MR) is 92.7 cm³/mol. The van der Waals surface area contributed by atoms with E-state index in [9.17, 15) is 27.9 Å². The molecule has 0 saturated carbocycles. The molecule has 1 aliphatic heterocycles. The van der Waals surface area contributed by atoms with Crippen LogP contribution in [-0.4, -0.2) is 35.0 Å². The van der Waals surface area contributed by atoms with Crippen LogP contribution in [0.5, 0.6) is 0 Å². The van der Waals surface area contributed by atoms with Gasteiger partial charge >= 0.3 is 12.1 Å². The maximum atomic E-state index is 12.7. The summed E-state index contributed by atoms with van der Waals surface area (Å²) in [5, 5.41) is 10.0. The number of rotatable bonds is 3. The molecule has 0 bridgehead atoms. The molecule has 0 radical (unpaired) electrons. The SMILES string of the molecule is O=C(O)[C@@H]1CN(C(=O)c2ccc(C(F)(F)F)cc2)C[C@H]1c1ccc(Cl)cc1.